The van der Waals surface area contributed by atoms with E-state index >= 15 is 0 Å². The number of thiocarbonyl (C=S) groups is 1. The molecule has 1 aromatic rings. The van der Waals surface area contributed by atoms with Crippen molar-refractivity contribution in [1.82, 2.24) is 10.6 Å². The summed E-state index contributed by atoms with van der Waals surface area (Å²) in [5.41, 5.74) is 2.40. The van der Waals surface area contributed by atoms with Gasteiger partial charge in [0.15, 0.2) is 5.11 Å². The van der Waals surface area contributed by atoms with Gasteiger partial charge in [-0.25, -0.2) is 0 Å². The van der Waals surface area contributed by atoms with Crippen LogP contribution < -0.4 is 15.4 Å². The minimum absolute atomic E-state index is 0.205. The maximum Gasteiger partial charge on any atom is 0.273 e. The van der Waals surface area contributed by atoms with Gasteiger partial charge in [0.2, 0.25) is 0 Å². The summed E-state index contributed by atoms with van der Waals surface area (Å²) in [5, 5.41) is 5.65. The van der Waals surface area contributed by atoms with E-state index in [1.54, 1.807) is 13.2 Å². The summed E-state index contributed by atoms with van der Waals surface area (Å²) >= 11 is 4.85. The highest BCUT2D eigenvalue weighted by molar-refractivity contribution is 7.80. The van der Waals surface area contributed by atoms with Crippen molar-refractivity contribution in [3.8, 4) is 5.75 Å². The zero-order valence-corrected chi connectivity index (χ0v) is 10.4. The Morgan fingerprint density at radius 1 is 1.35 bits per heavy atom. The van der Waals surface area contributed by atoms with Gasteiger partial charge in [-0.2, -0.15) is 0 Å². The lowest BCUT2D eigenvalue weighted by molar-refractivity contribution is -0.115. The molecule has 0 aromatic heterocycles. The van der Waals surface area contributed by atoms with Gasteiger partial charge in [0.05, 0.1) is 7.11 Å². The molecule has 1 saturated heterocycles. The first-order valence-electron chi connectivity index (χ1n) is 5.09. The second kappa shape index (κ2) is 4.55. The molecule has 17 heavy (non-hydrogen) atoms. The Morgan fingerprint density at radius 3 is 2.65 bits per heavy atom. The largest absolute Gasteiger partial charge is 0.496 e. The number of aryl methyl sites for hydroxylation is 1. The van der Waals surface area contributed by atoms with Crippen LogP contribution in [0.1, 0.15) is 11.1 Å². The predicted molar refractivity (Wildman–Crippen MR) is 69.6 cm³/mol. The standard InChI is InChI=1S/C12H12N2O2S/c1-7-5-8(3-4-10(7)16-2)6-9-11(15)14-12(17)13-9/h3-6H,1-2H3,(H2,13,14,15,17)/b9-6+. The van der Waals surface area contributed by atoms with Gasteiger partial charge in [0.25, 0.3) is 5.91 Å². The van der Waals surface area contributed by atoms with Gasteiger partial charge in [-0.1, -0.05) is 6.07 Å². The Morgan fingerprint density at radius 2 is 2.12 bits per heavy atom. The number of methoxy groups -OCH3 is 1. The topological polar surface area (TPSA) is 50.4 Å². The van der Waals surface area contributed by atoms with Crippen LogP contribution in [0.25, 0.3) is 6.08 Å². The van der Waals surface area contributed by atoms with Crippen LogP contribution in [0.4, 0.5) is 0 Å². The van der Waals surface area contributed by atoms with E-state index in [0.717, 1.165) is 16.9 Å². The highest BCUT2D eigenvalue weighted by atomic mass is 32.1. The van der Waals surface area contributed by atoms with Crippen LogP contribution in [-0.2, 0) is 4.79 Å². The number of benzene rings is 1. The van der Waals surface area contributed by atoms with Gasteiger partial charge >= 0.3 is 0 Å². The molecule has 0 saturated carbocycles. The van der Waals surface area contributed by atoms with Crippen molar-refractivity contribution in [2.24, 2.45) is 0 Å². The minimum atomic E-state index is -0.205. The van der Waals surface area contributed by atoms with Crippen molar-refractivity contribution in [1.29, 1.82) is 0 Å². The van der Waals surface area contributed by atoms with Crippen LogP contribution in [-0.4, -0.2) is 18.1 Å². The van der Waals surface area contributed by atoms with E-state index in [2.05, 4.69) is 10.6 Å². The van der Waals surface area contributed by atoms with Crippen molar-refractivity contribution in [2.45, 2.75) is 6.92 Å². The lowest BCUT2D eigenvalue weighted by Gasteiger charge is -2.05. The number of hydrogen-bond donors (Lipinski definition) is 2. The fourth-order valence-electron chi connectivity index (χ4n) is 1.64. The van der Waals surface area contributed by atoms with Crippen LogP contribution in [0.5, 0.6) is 5.75 Å². The Balaban J connectivity index is 2.30. The van der Waals surface area contributed by atoms with Gasteiger partial charge in [-0.3, -0.25) is 10.1 Å². The van der Waals surface area contributed by atoms with E-state index in [0.29, 0.717) is 10.8 Å². The number of carbonyl (C=O) groups excluding carboxylic acids is 1. The zero-order valence-electron chi connectivity index (χ0n) is 9.53. The number of rotatable bonds is 2. The second-order valence-electron chi connectivity index (χ2n) is 3.70. The van der Waals surface area contributed by atoms with Crippen molar-refractivity contribution >= 4 is 29.3 Å². The average Bonchev–Trinajstić information content (AvgIpc) is 2.58. The van der Waals surface area contributed by atoms with E-state index in [9.17, 15) is 4.79 Å². The summed E-state index contributed by atoms with van der Waals surface area (Å²) in [6.45, 7) is 1.95. The summed E-state index contributed by atoms with van der Waals surface area (Å²) in [4.78, 5) is 11.4. The molecule has 1 aromatic carbocycles. The number of amides is 1. The maximum atomic E-state index is 11.4. The van der Waals surface area contributed by atoms with Gasteiger partial charge in [-0.05, 0) is 48.5 Å². The highest BCUT2D eigenvalue weighted by Crippen LogP contribution is 2.20. The third-order valence-corrected chi connectivity index (χ3v) is 2.65. The molecule has 0 spiro atoms. The van der Waals surface area contributed by atoms with Crippen LogP contribution >= 0.6 is 12.2 Å². The molecule has 2 N–H and O–H groups in total. The SMILES string of the molecule is COc1ccc(/C=C2/NC(=S)NC2=O)cc1C. The lowest BCUT2D eigenvalue weighted by Crippen LogP contribution is -2.21. The number of carbonyl (C=O) groups is 1. The van der Waals surface area contributed by atoms with Gasteiger partial charge in [0.1, 0.15) is 11.4 Å². The molecule has 2 rings (SSSR count). The summed E-state index contributed by atoms with van der Waals surface area (Å²) in [5.74, 6) is 0.620. The summed E-state index contributed by atoms with van der Waals surface area (Å²) in [6, 6.07) is 5.70. The molecular formula is C12H12N2O2S. The molecule has 0 aliphatic carbocycles. The van der Waals surface area contributed by atoms with Gasteiger partial charge in [0, 0.05) is 0 Å². The van der Waals surface area contributed by atoms with Crippen molar-refractivity contribution in [2.75, 3.05) is 7.11 Å². The molecule has 0 atom stereocenters. The third-order valence-electron chi connectivity index (χ3n) is 2.45. The number of ether oxygens (including phenoxy) is 1. The molecule has 1 aliphatic heterocycles. The first-order chi connectivity index (χ1) is 8.10. The zero-order chi connectivity index (χ0) is 12.4. The van der Waals surface area contributed by atoms with Crippen molar-refractivity contribution in [3.05, 3.63) is 35.0 Å². The van der Waals surface area contributed by atoms with Crippen LogP contribution in [0.15, 0.2) is 23.9 Å². The summed E-state index contributed by atoms with van der Waals surface area (Å²) in [7, 11) is 1.63. The van der Waals surface area contributed by atoms with Gasteiger partial charge in [-0.15, -0.1) is 0 Å². The number of hydrogen-bond acceptors (Lipinski definition) is 3. The van der Waals surface area contributed by atoms with E-state index < -0.39 is 0 Å². The fraction of sp³-hybridized carbons (Fsp3) is 0.167. The van der Waals surface area contributed by atoms with Crippen molar-refractivity contribution in [3.63, 3.8) is 0 Å². The first kappa shape index (κ1) is 11.6. The molecule has 88 valence electrons. The van der Waals surface area contributed by atoms with E-state index in [-0.39, 0.29) is 5.91 Å². The van der Waals surface area contributed by atoms with E-state index in [4.69, 9.17) is 17.0 Å². The Kier molecular flexibility index (Phi) is 3.10. The average molecular weight is 248 g/mol. The Hall–Kier alpha value is -1.88. The van der Waals surface area contributed by atoms with Crippen LogP contribution in [0.3, 0.4) is 0 Å². The molecule has 5 heteroatoms. The quantitative estimate of drug-likeness (QED) is 0.613. The molecule has 1 heterocycles. The highest BCUT2D eigenvalue weighted by Gasteiger charge is 2.19. The summed E-state index contributed by atoms with van der Waals surface area (Å²) in [6.07, 6.45) is 1.75. The monoisotopic (exact) mass is 248 g/mol. The lowest BCUT2D eigenvalue weighted by atomic mass is 10.1. The first-order valence-corrected chi connectivity index (χ1v) is 5.49. The van der Waals surface area contributed by atoms with Crippen LogP contribution in [0, 0.1) is 6.92 Å². The summed E-state index contributed by atoms with van der Waals surface area (Å²) < 4.78 is 5.17. The maximum absolute atomic E-state index is 11.4. The fourth-order valence-corrected chi connectivity index (χ4v) is 1.84. The molecule has 4 nitrogen and oxygen atoms in total. The van der Waals surface area contributed by atoms with E-state index in [1.807, 2.05) is 25.1 Å². The molecule has 1 amide bonds. The van der Waals surface area contributed by atoms with Crippen molar-refractivity contribution < 1.29 is 9.53 Å². The molecule has 1 fully saturated rings. The van der Waals surface area contributed by atoms with E-state index in [1.165, 1.54) is 0 Å². The smallest absolute Gasteiger partial charge is 0.273 e. The Labute approximate surface area is 105 Å². The molecule has 0 radical (unpaired) electrons. The Bertz CT molecular complexity index is 523. The number of nitrogens with one attached hydrogen (secondary N) is 2. The van der Waals surface area contributed by atoms with Crippen LogP contribution in [0.2, 0.25) is 0 Å². The second-order valence-corrected chi connectivity index (χ2v) is 4.10. The minimum Gasteiger partial charge on any atom is -0.496 e. The van der Waals surface area contributed by atoms with Gasteiger partial charge < -0.3 is 10.1 Å². The molecule has 0 unspecified atom stereocenters. The molecule has 0 bridgehead atoms. The predicted octanol–water partition coefficient (Wildman–Crippen LogP) is 1.35. The third kappa shape index (κ3) is 2.45. The molecular weight excluding hydrogens is 236 g/mol. The normalized spacial score (nSPS) is 16.9. The molecule has 1 aliphatic rings.